The lowest BCUT2D eigenvalue weighted by Crippen LogP contribution is -2.47. The van der Waals surface area contributed by atoms with Crippen LogP contribution in [0.4, 0.5) is 4.79 Å². The minimum Gasteiger partial charge on any atom is -0.465 e. The van der Waals surface area contributed by atoms with Gasteiger partial charge in [-0.05, 0) is 67.6 Å². The average molecular weight is 578 g/mol. The lowest BCUT2D eigenvalue weighted by molar-refractivity contribution is 0.0853. The molecule has 7 nitrogen and oxygen atoms in total. The fourth-order valence-corrected chi connectivity index (χ4v) is 5.95. The van der Waals surface area contributed by atoms with Gasteiger partial charge in [0, 0.05) is 36.2 Å². The lowest BCUT2D eigenvalue weighted by Gasteiger charge is -2.38. The average Bonchev–Trinajstić information content (AvgIpc) is 3.26. The van der Waals surface area contributed by atoms with Crippen LogP contribution in [-0.2, 0) is 13.1 Å². The summed E-state index contributed by atoms with van der Waals surface area (Å²) in [6, 6.07) is 26.4. The molecule has 4 aromatic rings. The minimum atomic E-state index is -0.879. The van der Waals surface area contributed by atoms with Gasteiger partial charge in [-0.2, -0.15) is 0 Å². The first-order valence-corrected chi connectivity index (χ1v) is 14.0. The second-order valence-electron chi connectivity index (χ2n) is 10.1. The predicted octanol–water partition coefficient (Wildman–Crippen LogP) is 6.26. The molecule has 38 heavy (non-hydrogen) atoms. The van der Waals surface area contributed by atoms with Crippen LogP contribution in [0.5, 0.6) is 0 Å². The molecule has 1 aliphatic heterocycles. The number of carbonyl (C=O) groups is 1. The van der Waals surface area contributed by atoms with Gasteiger partial charge in [-0.25, -0.2) is 9.59 Å². The Hall–Kier alpha value is -3.36. The maximum atomic E-state index is 12.8. The zero-order valence-electron chi connectivity index (χ0n) is 21.3. The van der Waals surface area contributed by atoms with Gasteiger partial charge < -0.3 is 15.0 Å². The molecule has 1 aromatic heterocycles. The molecular weight excluding hydrogens is 544 g/mol. The van der Waals surface area contributed by atoms with E-state index in [4.69, 9.17) is 0 Å². The van der Waals surface area contributed by atoms with E-state index in [0.29, 0.717) is 19.4 Å². The largest absolute Gasteiger partial charge is 0.465 e. The quantitative estimate of drug-likeness (QED) is 0.246. The van der Waals surface area contributed by atoms with E-state index in [2.05, 4.69) is 74.3 Å². The molecule has 1 fully saturated rings. The first-order chi connectivity index (χ1) is 18.5. The molecule has 2 heterocycles. The molecule has 2 N–H and O–H groups in total. The van der Waals surface area contributed by atoms with Crippen LogP contribution in [0.3, 0.4) is 0 Å². The summed E-state index contributed by atoms with van der Waals surface area (Å²) in [4.78, 5) is 31.8. The van der Waals surface area contributed by atoms with E-state index in [1.54, 1.807) is 4.90 Å². The van der Waals surface area contributed by atoms with Gasteiger partial charge >= 0.3 is 11.8 Å². The van der Waals surface area contributed by atoms with Crippen LogP contribution in [-0.4, -0.2) is 49.7 Å². The normalized spacial score (nSPS) is 17.8. The Morgan fingerprint density at radius 3 is 2.39 bits per heavy atom. The van der Waals surface area contributed by atoms with E-state index in [1.165, 1.54) is 11.1 Å². The van der Waals surface area contributed by atoms with Gasteiger partial charge in [0.1, 0.15) is 0 Å². The number of nitrogens with one attached hydrogen (secondary N) is 1. The lowest BCUT2D eigenvalue weighted by atomic mass is 9.93. The molecule has 1 saturated heterocycles. The van der Waals surface area contributed by atoms with Crippen molar-refractivity contribution in [3.05, 3.63) is 105 Å². The monoisotopic (exact) mass is 576 g/mol. The second-order valence-corrected chi connectivity index (χ2v) is 11.0. The standard InChI is InChI=1S/C30H33BrN4O3/c31-24-14-12-23(13-15-24)21-33(20-22-7-2-1-3-8-22)17-6-9-25-19-26(16-18-34(25)30(37)38)35-28-11-5-4-10-27(28)32-29(35)36/h1-5,7-8,10-15,25-26H,6,9,16-21H2,(H,32,36)(H,37,38)/t25-,26?/m0/s1. The summed E-state index contributed by atoms with van der Waals surface area (Å²) in [5.74, 6) is 0. The summed E-state index contributed by atoms with van der Waals surface area (Å²) in [6.45, 7) is 2.94. The van der Waals surface area contributed by atoms with Gasteiger partial charge in [-0.15, -0.1) is 0 Å². The van der Waals surface area contributed by atoms with Crippen molar-refractivity contribution in [2.45, 2.75) is 50.9 Å². The van der Waals surface area contributed by atoms with Crippen LogP contribution in [0.25, 0.3) is 11.0 Å². The number of likely N-dealkylation sites (tertiary alicyclic amines) is 1. The van der Waals surface area contributed by atoms with Crippen molar-refractivity contribution in [1.82, 2.24) is 19.4 Å². The number of piperidine rings is 1. The summed E-state index contributed by atoms with van der Waals surface area (Å²) in [6.07, 6.45) is 2.02. The first-order valence-electron chi connectivity index (χ1n) is 13.2. The Morgan fingerprint density at radius 2 is 1.66 bits per heavy atom. The Bertz CT molecular complexity index is 1420. The number of fused-ring (bicyclic) bond motifs is 1. The highest BCUT2D eigenvalue weighted by Crippen LogP contribution is 2.31. The highest BCUT2D eigenvalue weighted by atomic mass is 79.9. The smallest absolute Gasteiger partial charge is 0.407 e. The van der Waals surface area contributed by atoms with Crippen molar-refractivity contribution in [1.29, 1.82) is 0 Å². The van der Waals surface area contributed by atoms with Crippen molar-refractivity contribution in [3.63, 3.8) is 0 Å². The summed E-state index contributed by atoms with van der Waals surface area (Å²) >= 11 is 3.52. The Labute approximate surface area is 230 Å². The number of rotatable bonds is 9. The Balaban J connectivity index is 1.28. The number of halogens is 1. The molecule has 0 radical (unpaired) electrons. The molecular formula is C30H33BrN4O3. The van der Waals surface area contributed by atoms with E-state index in [9.17, 15) is 14.7 Å². The number of imidazole rings is 1. The van der Waals surface area contributed by atoms with E-state index < -0.39 is 6.09 Å². The van der Waals surface area contributed by atoms with Crippen LogP contribution in [0.15, 0.2) is 88.1 Å². The molecule has 2 atom stereocenters. The van der Waals surface area contributed by atoms with Crippen LogP contribution < -0.4 is 5.69 Å². The molecule has 1 aliphatic rings. The third-order valence-electron chi connectivity index (χ3n) is 7.50. The highest BCUT2D eigenvalue weighted by Gasteiger charge is 2.33. The summed E-state index contributed by atoms with van der Waals surface area (Å²) in [5.41, 5.74) is 4.08. The number of carboxylic acid groups (broad SMARTS) is 1. The molecule has 1 amide bonds. The number of hydrogen-bond acceptors (Lipinski definition) is 3. The third kappa shape index (κ3) is 6.19. The van der Waals surface area contributed by atoms with Gasteiger partial charge in [0.25, 0.3) is 0 Å². The fraction of sp³-hybridized carbons (Fsp3) is 0.333. The number of benzene rings is 3. The maximum absolute atomic E-state index is 12.8. The molecule has 0 saturated carbocycles. The highest BCUT2D eigenvalue weighted by molar-refractivity contribution is 9.10. The van der Waals surface area contributed by atoms with Crippen LogP contribution in [0.2, 0.25) is 0 Å². The van der Waals surface area contributed by atoms with Crippen LogP contribution in [0.1, 0.15) is 42.9 Å². The third-order valence-corrected chi connectivity index (χ3v) is 8.03. The predicted molar refractivity (Wildman–Crippen MR) is 153 cm³/mol. The summed E-state index contributed by atoms with van der Waals surface area (Å²) in [5, 5.41) is 9.91. The van der Waals surface area contributed by atoms with Crippen LogP contribution >= 0.6 is 15.9 Å². The molecule has 3 aromatic carbocycles. The van der Waals surface area contributed by atoms with E-state index in [-0.39, 0.29) is 17.8 Å². The zero-order valence-corrected chi connectivity index (χ0v) is 22.9. The summed E-state index contributed by atoms with van der Waals surface area (Å²) < 4.78 is 2.89. The van der Waals surface area contributed by atoms with E-state index in [1.807, 2.05) is 34.9 Å². The first kappa shape index (κ1) is 26.3. The number of H-pyrrole nitrogens is 1. The van der Waals surface area contributed by atoms with Crippen molar-refractivity contribution in [2.75, 3.05) is 13.1 Å². The SMILES string of the molecule is O=C(O)N1CCC(n2c(=O)[nH]c3ccccc32)C[C@@H]1CCCN(Cc1ccccc1)Cc1ccc(Br)cc1. The molecule has 198 valence electrons. The Morgan fingerprint density at radius 1 is 0.974 bits per heavy atom. The number of amides is 1. The van der Waals surface area contributed by atoms with Crippen molar-refractivity contribution < 1.29 is 9.90 Å². The number of hydrogen-bond donors (Lipinski definition) is 2. The topological polar surface area (TPSA) is 81.6 Å². The fourth-order valence-electron chi connectivity index (χ4n) is 5.68. The van der Waals surface area contributed by atoms with Crippen LogP contribution in [0, 0.1) is 0 Å². The molecule has 8 heteroatoms. The maximum Gasteiger partial charge on any atom is 0.407 e. The molecule has 5 rings (SSSR count). The second kappa shape index (κ2) is 12.0. The van der Waals surface area contributed by atoms with Gasteiger partial charge in [0.15, 0.2) is 0 Å². The zero-order chi connectivity index (χ0) is 26.5. The number of nitrogens with zero attached hydrogens (tertiary/aromatic N) is 3. The molecule has 0 spiro atoms. The molecule has 0 bridgehead atoms. The van der Waals surface area contributed by atoms with Gasteiger partial charge in [0.05, 0.1) is 11.0 Å². The van der Waals surface area contributed by atoms with E-state index in [0.717, 1.165) is 48.0 Å². The van der Waals surface area contributed by atoms with Crippen molar-refractivity contribution in [2.24, 2.45) is 0 Å². The molecule has 1 unspecified atom stereocenters. The van der Waals surface area contributed by atoms with Gasteiger partial charge in [-0.1, -0.05) is 70.5 Å². The number of aromatic amines is 1. The van der Waals surface area contributed by atoms with Gasteiger partial charge in [0.2, 0.25) is 0 Å². The van der Waals surface area contributed by atoms with Crippen molar-refractivity contribution >= 4 is 33.1 Å². The Kier molecular flexibility index (Phi) is 8.29. The van der Waals surface area contributed by atoms with Gasteiger partial charge in [-0.3, -0.25) is 9.47 Å². The van der Waals surface area contributed by atoms with E-state index >= 15 is 0 Å². The number of para-hydroxylation sites is 2. The number of aromatic nitrogens is 2. The molecule has 0 aliphatic carbocycles. The minimum absolute atomic E-state index is 0.0255. The van der Waals surface area contributed by atoms with Crippen molar-refractivity contribution in [3.8, 4) is 0 Å². The summed E-state index contributed by atoms with van der Waals surface area (Å²) in [7, 11) is 0.